The number of hydrogen-bond acceptors (Lipinski definition) is 3. The number of esters is 1. The molecule has 2 aromatic carbocycles. The van der Waals surface area contributed by atoms with Crippen molar-refractivity contribution in [2.75, 3.05) is 6.61 Å². The maximum atomic E-state index is 11.8. The van der Waals surface area contributed by atoms with E-state index in [4.69, 9.17) is 9.47 Å². The van der Waals surface area contributed by atoms with Crippen molar-refractivity contribution in [3.63, 3.8) is 0 Å². The third-order valence-electron chi connectivity index (χ3n) is 3.18. The van der Waals surface area contributed by atoms with Crippen LogP contribution in [0.3, 0.4) is 0 Å². The zero-order chi connectivity index (χ0) is 15.9. The lowest BCUT2D eigenvalue weighted by atomic mass is 10.1. The molecule has 0 saturated heterocycles. The fraction of sp³-hybridized carbons (Fsp3) is 0.278. The second kappa shape index (κ2) is 7.99. The Morgan fingerprint density at radius 1 is 1.09 bits per heavy atom. The highest BCUT2D eigenvalue weighted by atomic mass is 79.9. The van der Waals surface area contributed by atoms with Crippen LogP contribution in [0.2, 0.25) is 0 Å². The summed E-state index contributed by atoms with van der Waals surface area (Å²) >= 11 is 3.41. The molecule has 0 aliphatic carbocycles. The van der Waals surface area contributed by atoms with Crippen molar-refractivity contribution >= 4 is 21.9 Å². The van der Waals surface area contributed by atoms with Gasteiger partial charge < -0.3 is 9.47 Å². The van der Waals surface area contributed by atoms with Gasteiger partial charge in [0.1, 0.15) is 11.5 Å². The highest BCUT2D eigenvalue weighted by molar-refractivity contribution is 9.10. The number of aryl methyl sites for hydroxylation is 2. The Bertz CT molecular complexity index is 635. The number of hydrogen-bond donors (Lipinski definition) is 0. The Kier molecular flexibility index (Phi) is 6.01. The van der Waals surface area contributed by atoms with Gasteiger partial charge in [0.2, 0.25) is 0 Å². The molecule has 0 aliphatic heterocycles. The molecule has 0 aliphatic rings. The van der Waals surface area contributed by atoms with E-state index >= 15 is 0 Å². The normalized spacial score (nSPS) is 10.3. The molecule has 0 radical (unpaired) electrons. The van der Waals surface area contributed by atoms with Gasteiger partial charge >= 0.3 is 5.97 Å². The quantitative estimate of drug-likeness (QED) is 0.552. The zero-order valence-corrected chi connectivity index (χ0v) is 14.4. The summed E-state index contributed by atoms with van der Waals surface area (Å²) in [5, 5.41) is 0. The minimum Gasteiger partial charge on any atom is -0.482 e. The van der Waals surface area contributed by atoms with Crippen LogP contribution in [0.5, 0.6) is 11.5 Å². The van der Waals surface area contributed by atoms with Crippen LogP contribution in [0.4, 0.5) is 0 Å². The monoisotopic (exact) mass is 362 g/mol. The summed E-state index contributed by atoms with van der Waals surface area (Å²) in [5.41, 5.74) is 2.28. The summed E-state index contributed by atoms with van der Waals surface area (Å²) in [4.78, 5) is 11.8. The van der Waals surface area contributed by atoms with Crippen LogP contribution < -0.4 is 9.47 Å². The van der Waals surface area contributed by atoms with Crippen LogP contribution >= 0.6 is 15.9 Å². The second-order valence-electron chi connectivity index (χ2n) is 5.07. The molecule has 0 spiro atoms. The zero-order valence-electron chi connectivity index (χ0n) is 12.8. The van der Waals surface area contributed by atoms with Gasteiger partial charge in [-0.05, 0) is 54.8 Å². The molecule has 0 fully saturated rings. The van der Waals surface area contributed by atoms with E-state index in [9.17, 15) is 4.79 Å². The average molecular weight is 363 g/mol. The lowest BCUT2D eigenvalue weighted by Gasteiger charge is -2.08. The molecule has 2 aromatic rings. The molecular formula is C18H19BrO3. The van der Waals surface area contributed by atoms with Crippen molar-refractivity contribution in [1.82, 2.24) is 0 Å². The van der Waals surface area contributed by atoms with Crippen molar-refractivity contribution < 1.29 is 14.3 Å². The van der Waals surface area contributed by atoms with Crippen molar-refractivity contribution in [3.8, 4) is 11.5 Å². The first kappa shape index (κ1) is 16.6. The predicted octanol–water partition coefficient (Wildman–Crippen LogP) is 4.69. The Balaban J connectivity index is 1.85. The Morgan fingerprint density at radius 2 is 1.77 bits per heavy atom. The van der Waals surface area contributed by atoms with Gasteiger partial charge in [-0.15, -0.1) is 0 Å². The summed E-state index contributed by atoms with van der Waals surface area (Å²) in [6.45, 7) is 3.97. The number of carbonyl (C=O) groups excluding carboxylic acids is 1. The van der Waals surface area contributed by atoms with E-state index in [2.05, 4.69) is 22.9 Å². The molecule has 22 heavy (non-hydrogen) atoms. The number of halogens is 1. The van der Waals surface area contributed by atoms with E-state index in [1.54, 1.807) is 6.07 Å². The van der Waals surface area contributed by atoms with Crippen LogP contribution in [0.1, 0.15) is 24.5 Å². The first-order chi connectivity index (χ1) is 10.6. The molecule has 0 aromatic heterocycles. The van der Waals surface area contributed by atoms with Gasteiger partial charge in [-0.3, -0.25) is 0 Å². The highest BCUT2D eigenvalue weighted by Gasteiger charge is 2.07. The van der Waals surface area contributed by atoms with E-state index in [1.807, 2.05) is 43.3 Å². The van der Waals surface area contributed by atoms with E-state index in [1.165, 1.54) is 5.56 Å². The summed E-state index contributed by atoms with van der Waals surface area (Å²) in [6.07, 6.45) is 2.16. The number of carbonyl (C=O) groups is 1. The van der Waals surface area contributed by atoms with E-state index in [-0.39, 0.29) is 6.61 Å². The first-order valence-corrected chi connectivity index (χ1v) is 8.06. The summed E-state index contributed by atoms with van der Waals surface area (Å²) in [7, 11) is 0. The van der Waals surface area contributed by atoms with E-state index in [0.29, 0.717) is 11.5 Å². The van der Waals surface area contributed by atoms with Crippen LogP contribution in [0, 0.1) is 6.92 Å². The van der Waals surface area contributed by atoms with Gasteiger partial charge in [-0.1, -0.05) is 41.4 Å². The van der Waals surface area contributed by atoms with Crippen LogP contribution in [0.25, 0.3) is 0 Å². The Hall–Kier alpha value is -1.81. The maximum absolute atomic E-state index is 11.8. The summed E-state index contributed by atoms with van der Waals surface area (Å²) in [5.74, 6) is 0.774. The van der Waals surface area contributed by atoms with Crippen molar-refractivity contribution in [2.24, 2.45) is 0 Å². The van der Waals surface area contributed by atoms with Gasteiger partial charge in [0.15, 0.2) is 6.61 Å². The van der Waals surface area contributed by atoms with Crippen molar-refractivity contribution in [1.29, 1.82) is 0 Å². The van der Waals surface area contributed by atoms with Gasteiger partial charge in [-0.2, -0.15) is 0 Å². The number of rotatable bonds is 6. The third-order valence-corrected chi connectivity index (χ3v) is 4.07. The standard InChI is InChI=1S/C18H19BrO3/c1-3-4-14-5-7-15(8-6-14)21-12-18(20)22-16-9-10-17(19)13(2)11-16/h5-11H,3-4,12H2,1-2H3. The fourth-order valence-corrected chi connectivity index (χ4v) is 2.27. The molecule has 4 heteroatoms. The van der Waals surface area contributed by atoms with Gasteiger partial charge in [0.05, 0.1) is 0 Å². The van der Waals surface area contributed by atoms with Crippen molar-refractivity contribution in [3.05, 3.63) is 58.1 Å². The highest BCUT2D eigenvalue weighted by Crippen LogP contribution is 2.21. The summed E-state index contributed by atoms with van der Waals surface area (Å²) < 4.78 is 11.7. The van der Waals surface area contributed by atoms with Gasteiger partial charge in [0.25, 0.3) is 0 Å². The largest absolute Gasteiger partial charge is 0.482 e. The smallest absolute Gasteiger partial charge is 0.349 e. The molecule has 0 N–H and O–H groups in total. The molecular weight excluding hydrogens is 344 g/mol. The first-order valence-electron chi connectivity index (χ1n) is 7.27. The molecule has 0 amide bonds. The molecule has 3 nitrogen and oxygen atoms in total. The minimum absolute atomic E-state index is 0.109. The van der Waals surface area contributed by atoms with E-state index < -0.39 is 5.97 Å². The van der Waals surface area contributed by atoms with Crippen LogP contribution in [-0.2, 0) is 11.2 Å². The third kappa shape index (κ3) is 4.88. The molecule has 0 atom stereocenters. The Morgan fingerprint density at radius 3 is 2.41 bits per heavy atom. The fourth-order valence-electron chi connectivity index (χ4n) is 2.02. The van der Waals surface area contributed by atoms with Crippen LogP contribution in [-0.4, -0.2) is 12.6 Å². The molecule has 0 saturated carbocycles. The van der Waals surface area contributed by atoms with Gasteiger partial charge in [-0.25, -0.2) is 4.79 Å². The lowest BCUT2D eigenvalue weighted by molar-refractivity contribution is -0.136. The lowest BCUT2D eigenvalue weighted by Crippen LogP contribution is -2.17. The summed E-state index contributed by atoms with van der Waals surface area (Å²) in [6, 6.07) is 13.2. The molecule has 0 bridgehead atoms. The van der Waals surface area contributed by atoms with Crippen molar-refractivity contribution in [2.45, 2.75) is 26.7 Å². The number of benzene rings is 2. The molecule has 2 rings (SSSR count). The van der Waals surface area contributed by atoms with Gasteiger partial charge in [0, 0.05) is 4.47 Å². The molecule has 0 unspecified atom stereocenters. The second-order valence-corrected chi connectivity index (χ2v) is 5.92. The topological polar surface area (TPSA) is 35.5 Å². The average Bonchev–Trinajstić information content (AvgIpc) is 2.51. The Labute approximate surface area is 139 Å². The maximum Gasteiger partial charge on any atom is 0.349 e. The molecule has 0 heterocycles. The predicted molar refractivity (Wildman–Crippen MR) is 90.4 cm³/mol. The minimum atomic E-state index is -0.417. The molecule has 116 valence electrons. The number of ether oxygens (including phenoxy) is 2. The van der Waals surface area contributed by atoms with E-state index in [0.717, 1.165) is 22.9 Å². The van der Waals surface area contributed by atoms with Crippen LogP contribution in [0.15, 0.2) is 46.9 Å². The SMILES string of the molecule is CCCc1ccc(OCC(=O)Oc2ccc(Br)c(C)c2)cc1.